The molecule has 1 aliphatic heterocycles. The van der Waals surface area contributed by atoms with Gasteiger partial charge in [-0.05, 0) is 41.1 Å². The second-order valence-corrected chi connectivity index (χ2v) is 7.98. The van der Waals surface area contributed by atoms with Crippen molar-refractivity contribution < 1.29 is 9.90 Å². The summed E-state index contributed by atoms with van der Waals surface area (Å²) < 4.78 is 0. The fraction of sp³-hybridized carbons (Fsp3) is 0.333. The Morgan fingerprint density at radius 2 is 1.97 bits per heavy atom. The summed E-state index contributed by atoms with van der Waals surface area (Å²) >= 11 is 0. The number of carbonyl (C=O) groups is 1. The van der Waals surface area contributed by atoms with Gasteiger partial charge in [0.05, 0.1) is 12.0 Å². The molecule has 6 nitrogen and oxygen atoms in total. The summed E-state index contributed by atoms with van der Waals surface area (Å²) in [6.45, 7) is 2.13. The maximum Gasteiger partial charge on any atom is 0.248 e. The van der Waals surface area contributed by atoms with E-state index in [1.165, 1.54) is 6.07 Å². The zero-order valence-corrected chi connectivity index (χ0v) is 17.0. The molecule has 4 rings (SSSR count). The van der Waals surface area contributed by atoms with Gasteiger partial charge in [-0.1, -0.05) is 36.4 Å². The molecule has 1 fully saturated rings. The Kier molecular flexibility index (Phi) is 5.97. The molecule has 0 spiro atoms. The molecule has 2 heterocycles. The van der Waals surface area contributed by atoms with Crippen LogP contribution in [0.2, 0.25) is 0 Å². The Balaban J connectivity index is 1.77. The van der Waals surface area contributed by atoms with Crippen LogP contribution in [0, 0.1) is 0 Å². The van der Waals surface area contributed by atoms with E-state index in [0.29, 0.717) is 13.1 Å². The number of aromatic nitrogens is 1. The van der Waals surface area contributed by atoms with Crippen LogP contribution >= 0.6 is 0 Å². The summed E-state index contributed by atoms with van der Waals surface area (Å²) in [5.41, 5.74) is 2.60. The number of carbonyl (C=O) groups excluding carboxylic acids is 1. The van der Waals surface area contributed by atoms with E-state index >= 15 is 0 Å². The van der Waals surface area contributed by atoms with E-state index in [-0.39, 0.29) is 23.5 Å². The fourth-order valence-electron chi connectivity index (χ4n) is 4.45. The number of rotatable bonds is 6. The quantitative estimate of drug-likeness (QED) is 0.587. The highest BCUT2D eigenvalue weighted by Crippen LogP contribution is 2.36. The van der Waals surface area contributed by atoms with Crippen molar-refractivity contribution >= 4 is 16.8 Å². The number of pyridine rings is 1. The van der Waals surface area contributed by atoms with Crippen molar-refractivity contribution in [3.8, 4) is 0 Å². The number of β-amino-alcohol motifs (C(OH)–C–C–N with tert-alkyl or cyclic N) is 1. The van der Waals surface area contributed by atoms with Crippen molar-refractivity contribution in [1.29, 1.82) is 0 Å². The number of likely N-dealkylation sites (N-methyl/N-ethyl adjacent to an activating group) is 1. The van der Waals surface area contributed by atoms with Gasteiger partial charge in [0.1, 0.15) is 0 Å². The topological polar surface area (TPSA) is 85.4 Å². The molecule has 1 unspecified atom stereocenters. The Morgan fingerprint density at radius 1 is 1.17 bits per heavy atom. The Bertz CT molecular complexity index is 1080. The molecule has 0 saturated carbocycles. The Morgan fingerprint density at radius 3 is 2.67 bits per heavy atom. The molecule has 3 aromatic rings. The average molecular weight is 405 g/mol. The molecule has 0 aliphatic carbocycles. The minimum atomic E-state index is -0.397. The number of aliphatic hydroxyl groups excluding tert-OH is 1. The highest BCUT2D eigenvalue weighted by molar-refractivity contribution is 5.87. The third-order valence-corrected chi connectivity index (χ3v) is 5.97. The molecule has 6 heteroatoms. The molecule has 1 amide bonds. The van der Waals surface area contributed by atoms with E-state index in [9.17, 15) is 14.7 Å². The van der Waals surface area contributed by atoms with E-state index in [1.54, 1.807) is 13.1 Å². The van der Waals surface area contributed by atoms with Gasteiger partial charge >= 0.3 is 0 Å². The van der Waals surface area contributed by atoms with Crippen LogP contribution in [0.3, 0.4) is 0 Å². The molecule has 2 aromatic carbocycles. The molecular formula is C24H27N3O3. The van der Waals surface area contributed by atoms with Crippen LogP contribution in [0.15, 0.2) is 65.5 Å². The normalized spacial score (nSPS) is 18.9. The predicted octanol–water partition coefficient (Wildman–Crippen LogP) is 2.21. The van der Waals surface area contributed by atoms with Gasteiger partial charge in [0.2, 0.25) is 11.5 Å². The number of benzene rings is 2. The summed E-state index contributed by atoms with van der Waals surface area (Å²) in [4.78, 5) is 29.8. The van der Waals surface area contributed by atoms with Crippen molar-refractivity contribution in [2.45, 2.75) is 24.4 Å². The summed E-state index contributed by atoms with van der Waals surface area (Å²) in [5, 5.41) is 13.7. The van der Waals surface area contributed by atoms with Crippen LogP contribution in [0.25, 0.3) is 10.9 Å². The van der Waals surface area contributed by atoms with E-state index in [2.05, 4.69) is 27.3 Å². The first-order valence-electron chi connectivity index (χ1n) is 10.3. The van der Waals surface area contributed by atoms with E-state index < -0.39 is 5.92 Å². The maximum atomic E-state index is 13.1. The molecule has 0 radical (unpaired) electrons. The summed E-state index contributed by atoms with van der Waals surface area (Å²) in [6, 6.07) is 19.1. The molecular weight excluding hydrogens is 378 g/mol. The zero-order chi connectivity index (χ0) is 21.1. The molecule has 30 heavy (non-hydrogen) atoms. The Hall–Kier alpha value is -2.96. The minimum Gasteiger partial charge on any atom is -0.392 e. The van der Waals surface area contributed by atoms with E-state index in [4.69, 9.17) is 0 Å². The number of hydrogen-bond donors (Lipinski definition) is 3. The third-order valence-electron chi connectivity index (χ3n) is 5.97. The third kappa shape index (κ3) is 4.30. The van der Waals surface area contributed by atoms with Gasteiger partial charge in [-0.25, -0.2) is 0 Å². The number of aliphatic hydroxyl groups is 1. The SMILES string of the molecule is CNC(=O)C(c1ccc2[nH]c(=O)ccc2c1)[C@H](CN1CC[C@H](O)C1)c1ccccc1. The molecule has 3 N–H and O–H groups in total. The van der Waals surface area contributed by atoms with Crippen LogP contribution in [0.1, 0.15) is 29.4 Å². The lowest BCUT2D eigenvalue weighted by Crippen LogP contribution is -2.36. The summed E-state index contributed by atoms with van der Waals surface area (Å²) in [6.07, 6.45) is 0.451. The summed E-state index contributed by atoms with van der Waals surface area (Å²) in [5.74, 6) is -0.518. The molecule has 3 atom stereocenters. The van der Waals surface area contributed by atoms with Crippen molar-refractivity contribution in [1.82, 2.24) is 15.2 Å². The molecule has 1 aromatic heterocycles. The van der Waals surface area contributed by atoms with Gasteiger partial charge in [0.25, 0.3) is 0 Å². The van der Waals surface area contributed by atoms with Crippen LogP contribution in [-0.2, 0) is 4.79 Å². The second-order valence-electron chi connectivity index (χ2n) is 7.98. The highest BCUT2D eigenvalue weighted by atomic mass is 16.3. The summed E-state index contributed by atoms with van der Waals surface area (Å²) in [7, 11) is 1.66. The van der Waals surface area contributed by atoms with Crippen LogP contribution in [0.5, 0.6) is 0 Å². The zero-order valence-electron chi connectivity index (χ0n) is 17.0. The second kappa shape index (κ2) is 8.81. The van der Waals surface area contributed by atoms with Crippen molar-refractivity contribution in [2.75, 3.05) is 26.7 Å². The smallest absolute Gasteiger partial charge is 0.248 e. The van der Waals surface area contributed by atoms with Crippen molar-refractivity contribution in [2.24, 2.45) is 0 Å². The largest absolute Gasteiger partial charge is 0.392 e. The van der Waals surface area contributed by atoms with Crippen LogP contribution < -0.4 is 10.9 Å². The average Bonchev–Trinajstić information content (AvgIpc) is 3.18. The minimum absolute atomic E-state index is 0.0487. The van der Waals surface area contributed by atoms with Gasteiger partial charge in [-0.3, -0.25) is 9.59 Å². The number of aromatic amines is 1. The lowest BCUT2D eigenvalue weighted by molar-refractivity contribution is -0.122. The number of hydrogen-bond acceptors (Lipinski definition) is 4. The van der Waals surface area contributed by atoms with Gasteiger partial charge in [-0.15, -0.1) is 0 Å². The predicted molar refractivity (Wildman–Crippen MR) is 118 cm³/mol. The fourth-order valence-corrected chi connectivity index (χ4v) is 4.45. The monoisotopic (exact) mass is 405 g/mol. The number of nitrogens with zero attached hydrogens (tertiary/aromatic N) is 1. The van der Waals surface area contributed by atoms with E-state index in [1.807, 2.05) is 36.4 Å². The first-order chi connectivity index (χ1) is 14.5. The standard InChI is InChI=1S/C24H27N3O3/c1-25-24(30)23(18-7-9-21-17(13-18)8-10-22(29)26-21)20(16-5-3-2-4-6-16)15-27-12-11-19(28)14-27/h2-10,13,19-20,23,28H,11-12,14-15H2,1H3,(H,25,30)(H,26,29)/t19-,20+,23?/m0/s1. The van der Waals surface area contributed by atoms with Crippen LogP contribution in [0.4, 0.5) is 0 Å². The molecule has 156 valence electrons. The first kappa shape index (κ1) is 20.3. The number of amides is 1. The number of fused-ring (bicyclic) bond motifs is 1. The van der Waals surface area contributed by atoms with Gasteiger partial charge in [0, 0.05) is 44.2 Å². The van der Waals surface area contributed by atoms with Gasteiger partial charge in [-0.2, -0.15) is 0 Å². The van der Waals surface area contributed by atoms with Gasteiger partial charge < -0.3 is 20.3 Å². The first-order valence-corrected chi connectivity index (χ1v) is 10.3. The molecule has 1 aliphatic rings. The lowest BCUT2D eigenvalue weighted by Gasteiger charge is -2.30. The lowest BCUT2D eigenvalue weighted by atomic mass is 9.80. The maximum absolute atomic E-state index is 13.1. The highest BCUT2D eigenvalue weighted by Gasteiger charge is 2.34. The van der Waals surface area contributed by atoms with Crippen molar-refractivity contribution in [3.05, 3.63) is 82.1 Å². The number of likely N-dealkylation sites (tertiary alicyclic amines) is 1. The molecule has 0 bridgehead atoms. The molecule has 1 saturated heterocycles. The Labute approximate surface area is 175 Å². The van der Waals surface area contributed by atoms with Crippen LogP contribution in [-0.4, -0.2) is 53.7 Å². The van der Waals surface area contributed by atoms with Gasteiger partial charge in [0.15, 0.2) is 0 Å². The number of nitrogens with one attached hydrogen (secondary N) is 2. The van der Waals surface area contributed by atoms with Crippen molar-refractivity contribution in [3.63, 3.8) is 0 Å². The number of H-pyrrole nitrogens is 1. The van der Waals surface area contributed by atoms with E-state index in [0.717, 1.165) is 35.0 Å².